The number of fused-ring (bicyclic) bond motifs is 1. The van der Waals surface area contributed by atoms with E-state index in [0.29, 0.717) is 11.8 Å². The molecule has 1 aliphatic heterocycles. The number of aromatic hydroxyl groups is 1. The van der Waals surface area contributed by atoms with Crippen LogP contribution in [-0.4, -0.2) is 27.7 Å². The van der Waals surface area contributed by atoms with E-state index in [1.54, 1.807) is 6.20 Å². The van der Waals surface area contributed by atoms with Crippen LogP contribution in [0.5, 0.6) is 5.88 Å². The highest BCUT2D eigenvalue weighted by Crippen LogP contribution is 2.27. The van der Waals surface area contributed by atoms with Crippen LogP contribution in [0, 0.1) is 5.92 Å². The zero-order valence-corrected chi connectivity index (χ0v) is 9.76. The summed E-state index contributed by atoms with van der Waals surface area (Å²) in [4.78, 5) is 4.26. The molecule has 1 saturated heterocycles. The second kappa shape index (κ2) is 4.37. The standard InChI is InChI=1S/C13H17N3O/c17-13-11-2-1-5-15-12(11)9-16(13)8-10-3-6-14-7-4-10/h1-2,5,9-10,14,17H,3-4,6-8H2. The second-order valence-corrected chi connectivity index (χ2v) is 4.73. The van der Waals surface area contributed by atoms with Gasteiger partial charge in [-0.05, 0) is 44.0 Å². The van der Waals surface area contributed by atoms with E-state index >= 15 is 0 Å². The summed E-state index contributed by atoms with van der Waals surface area (Å²) in [6.07, 6.45) is 6.08. The number of nitrogens with one attached hydrogen (secondary N) is 1. The summed E-state index contributed by atoms with van der Waals surface area (Å²) in [5, 5.41) is 14.3. The summed E-state index contributed by atoms with van der Waals surface area (Å²) in [6, 6.07) is 3.77. The first-order chi connectivity index (χ1) is 8.34. The van der Waals surface area contributed by atoms with Crippen molar-refractivity contribution in [3.63, 3.8) is 0 Å². The Bertz CT molecular complexity index is 514. The predicted octanol–water partition coefficient (Wildman–Crippen LogP) is 1.74. The zero-order chi connectivity index (χ0) is 11.7. The zero-order valence-electron chi connectivity index (χ0n) is 9.76. The lowest BCUT2D eigenvalue weighted by Gasteiger charge is -2.23. The first kappa shape index (κ1) is 10.6. The number of nitrogens with zero attached hydrogens (tertiary/aromatic N) is 2. The molecule has 0 bridgehead atoms. The fourth-order valence-corrected chi connectivity index (χ4v) is 2.55. The molecule has 4 heteroatoms. The lowest BCUT2D eigenvalue weighted by molar-refractivity contribution is 0.314. The van der Waals surface area contributed by atoms with Gasteiger partial charge in [0, 0.05) is 18.9 Å². The predicted molar refractivity (Wildman–Crippen MR) is 67.0 cm³/mol. The van der Waals surface area contributed by atoms with Gasteiger partial charge in [-0.3, -0.25) is 4.98 Å². The van der Waals surface area contributed by atoms with Crippen molar-refractivity contribution >= 4 is 10.9 Å². The number of aromatic nitrogens is 2. The van der Waals surface area contributed by atoms with Crippen LogP contribution in [0.3, 0.4) is 0 Å². The lowest BCUT2D eigenvalue weighted by atomic mass is 9.98. The minimum atomic E-state index is 0.353. The molecule has 3 heterocycles. The van der Waals surface area contributed by atoms with Gasteiger partial charge in [0.25, 0.3) is 0 Å². The van der Waals surface area contributed by atoms with E-state index in [4.69, 9.17) is 0 Å². The van der Waals surface area contributed by atoms with Crippen molar-refractivity contribution in [1.82, 2.24) is 14.9 Å². The van der Waals surface area contributed by atoms with Crippen molar-refractivity contribution in [3.05, 3.63) is 24.5 Å². The third-order valence-corrected chi connectivity index (χ3v) is 3.54. The molecule has 0 aliphatic carbocycles. The number of piperidine rings is 1. The third-order valence-electron chi connectivity index (χ3n) is 3.54. The van der Waals surface area contributed by atoms with Crippen molar-refractivity contribution in [3.8, 4) is 5.88 Å². The van der Waals surface area contributed by atoms with Gasteiger partial charge < -0.3 is 15.0 Å². The molecule has 0 unspecified atom stereocenters. The molecule has 2 aromatic heterocycles. The Kier molecular flexibility index (Phi) is 2.73. The Morgan fingerprint density at radius 1 is 1.41 bits per heavy atom. The number of hydrogen-bond donors (Lipinski definition) is 2. The molecule has 0 aromatic carbocycles. The summed E-state index contributed by atoms with van der Waals surface area (Å²) in [6.45, 7) is 3.07. The first-order valence-electron chi connectivity index (χ1n) is 6.18. The fraction of sp³-hybridized carbons (Fsp3) is 0.462. The Hall–Kier alpha value is -1.55. The third kappa shape index (κ3) is 2.00. The first-order valence-corrected chi connectivity index (χ1v) is 6.18. The topological polar surface area (TPSA) is 50.1 Å². The maximum atomic E-state index is 10.1. The van der Waals surface area contributed by atoms with E-state index in [2.05, 4.69) is 10.3 Å². The summed E-state index contributed by atoms with van der Waals surface area (Å²) in [5.41, 5.74) is 0.874. The smallest absolute Gasteiger partial charge is 0.200 e. The Labute approximate surface area is 100 Å². The summed E-state index contributed by atoms with van der Waals surface area (Å²) >= 11 is 0. The molecule has 1 aliphatic rings. The second-order valence-electron chi connectivity index (χ2n) is 4.73. The van der Waals surface area contributed by atoms with Crippen molar-refractivity contribution in [1.29, 1.82) is 0 Å². The quantitative estimate of drug-likeness (QED) is 0.827. The SMILES string of the molecule is Oc1c2cccnc2cn1CC1CCNCC1. The molecule has 1 fully saturated rings. The molecule has 0 amide bonds. The van der Waals surface area contributed by atoms with E-state index in [1.165, 1.54) is 12.8 Å². The molecule has 0 saturated carbocycles. The Balaban J connectivity index is 1.87. The van der Waals surface area contributed by atoms with E-state index in [1.807, 2.05) is 22.9 Å². The van der Waals surface area contributed by atoms with E-state index in [9.17, 15) is 5.11 Å². The number of hydrogen-bond acceptors (Lipinski definition) is 3. The summed E-state index contributed by atoms with van der Waals surface area (Å²) in [7, 11) is 0. The van der Waals surface area contributed by atoms with Crippen LogP contribution in [0.1, 0.15) is 12.8 Å². The molecule has 3 rings (SSSR count). The van der Waals surface area contributed by atoms with E-state index in [-0.39, 0.29) is 0 Å². The van der Waals surface area contributed by atoms with Gasteiger partial charge in [-0.15, -0.1) is 0 Å². The maximum absolute atomic E-state index is 10.1. The Morgan fingerprint density at radius 2 is 2.24 bits per heavy atom. The molecule has 0 spiro atoms. The lowest BCUT2D eigenvalue weighted by Crippen LogP contribution is -2.29. The normalized spacial score (nSPS) is 17.6. The monoisotopic (exact) mass is 231 g/mol. The highest BCUT2D eigenvalue weighted by Gasteiger charge is 2.16. The van der Waals surface area contributed by atoms with Gasteiger partial charge in [0.15, 0.2) is 0 Å². The van der Waals surface area contributed by atoms with Crippen LogP contribution < -0.4 is 5.32 Å². The average molecular weight is 231 g/mol. The molecule has 17 heavy (non-hydrogen) atoms. The van der Waals surface area contributed by atoms with Gasteiger partial charge >= 0.3 is 0 Å². The molecular formula is C13H17N3O. The molecule has 90 valence electrons. The van der Waals surface area contributed by atoms with Crippen LogP contribution >= 0.6 is 0 Å². The maximum Gasteiger partial charge on any atom is 0.200 e. The highest BCUT2D eigenvalue weighted by molar-refractivity contribution is 5.84. The number of pyridine rings is 1. The van der Waals surface area contributed by atoms with Crippen LogP contribution in [0.25, 0.3) is 10.9 Å². The van der Waals surface area contributed by atoms with E-state index in [0.717, 1.165) is 30.5 Å². The molecule has 2 N–H and O–H groups in total. The van der Waals surface area contributed by atoms with Gasteiger partial charge in [0.05, 0.1) is 10.9 Å². The molecular weight excluding hydrogens is 214 g/mol. The van der Waals surface area contributed by atoms with Crippen molar-refractivity contribution < 1.29 is 5.11 Å². The molecule has 2 aromatic rings. The van der Waals surface area contributed by atoms with Crippen molar-refractivity contribution in [2.75, 3.05) is 13.1 Å². The van der Waals surface area contributed by atoms with Crippen LogP contribution in [0.4, 0.5) is 0 Å². The van der Waals surface area contributed by atoms with Gasteiger partial charge in [-0.25, -0.2) is 0 Å². The fourth-order valence-electron chi connectivity index (χ4n) is 2.55. The Morgan fingerprint density at radius 3 is 3.00 bits per heavy atom. The largest absolute Gasteiger partial charge is 0.494 e. The summed E-state index contributed by atoms with van der Waals surface area (Å²) < 4.78 is 1.94. The minimum Gasteiger partial charge on any atom is -0.494 e. The molecule has 0 atom stereocenters. The molecule has 4 nitrogen and oxygen atoms in total. The van der Waals surface area contributed by atoms with Crippen LogP contribution in [0.15, 0.2) is 24.5 Å². The average Bonchev–Trinajstić information content (AvgIpc) is 2.68. The van der Waals surface area contributed by atoms with Gasteiger partial charge in [0.1, 0.15) is 0 Å². The molecule has 0 radical (unpaired) electrons. The summed E-state index contributed by atoms with van der Waals surface area (Å²) in [5.74, 6) is 1.01. The van der Waals surface area contributed by atoms with Crippen LogP contribution in [0.2, 0.25) is 0 Å². The minimum absolute atomic E-state index is 0.353. The van der Waals surface area contributed by atoms with Gasteiger partial charge in [-0.1, -0.05) is 0 Å². The van der Waals surface area contributed by atoms with Gasteiger partial charge in [0.2, 0.25) is 5.88 Å². The highest BCUT2D eigenvalue weighted by atomic mass is 16.3. The van der Waals surface area contributed by atoms with E-state index < -0.39 is 0 Å². The van der Waals surface area contributed by atoms with Crippen molar-refractivity contribution in [2.24, 2.45) is 5.92 Å². The van der Waals surface area contributed by atoms with Gasteiger partial charge in [-0.2, -0.15) is 0 Å². The van der Waals surface area contributed by atoms with Crippen molar-refractivity contribution in [2.45, 2.75) is 19.4 Å². The van der Waals surface area contributed by atoms with Crippen LogP contribution in [-0.2, 0) is 6.54 Å². The number of rotatable bonds is 2.